The minimum atomic E-state index is -0.347. The second kappa shape index (κ2) is 8.34. The number of hydrogen-bond donors (Lipinski definition) is 0. The van der Waals surface area contributed by atoms with Crippen molar-refractivity contribution in [2.24, 2.45) is 0 Å². The summed E-state index contributed by atoms with van der Waals surface area (Å²) in [5.41, 5.74) is 1.45. The van der Waals surface area contributed by atoms with E-state index in [2.05, 4.69) is 17.9 Å². The van der Waals surface area contributed by atoms with Gasteiger partial charge in [-0.25, -0.2) is 4.79 Å². The van der Waals surface area contributed by atoms with Gasteiger partial charge < -0.3 is 4.74 Å². The molecule has 0 aromatic carbocycles. The summed E-state index contributed by atoms with van der Waals surface area (Å²) in [4.78, 5) is 10.2. The lowest BCUT2D eigenvalue weighted by Crippen LogP contribution is -1.98. The molecule has 0 amide bonds. The van der Waals surface area contributed by atoms with Crippen molar-refractivity contribution in [3.05, 3.63) is 24.3 Å². The molecule has 0 aromatic heterocycles. The van der Waals surface area contributed by atoms with E-state index < -0.39 is 0 Å². The number of methoxy groups -OCH3 is 1. The van der Waals surface area contributed by atoms with E-state index in [1.54, 1.807) is 6.92 Å². The summed E-state index contributed by atoms with van der Waals surface area (Å²) in [6.45, 7) is 10.4. The standard InChI is InChI=1S/C5H8O2.C4H7Cl/c1-4(2)5(6)7-3;1-4(2)3-5/h1H2,2-3H3;1,3H2,2H3. The average Bonchev–Trinajstić information content (AvgIpc) is 2.04. The highest BCUT2D eigenvalue weighted by molar-refractivity contribution is 6.19. The van der Waals surface area contributed by atoms with Crippen LogP contribution in [-0.4, -0.2) is 19.0 Å². The van der Waals surface area contributed by atoms with Crippen LogP contribution in [0.1, 0.15) is 13.8 Å². The van der Waals surface area contributed by atoms with Gasteiger partial charge in [-0.05, 0) is 13.8 Å². The molecule has 0 fully saturated rings. The predicted molar refractivity (Wildman–Crippen MR) is 52.4 cm³/mol. The molecule has 0 aliphatic carbocycles. The zero-order valence-corrected chi connectivity index (χ0v) is 8.57. The molecule has 0 aromatic rings. The molecular weight excluding hydrogens is 176 g/mol. The summed E-state index contributed by atoms with van der Waals surface area (Å²) < 4.78 is 4.27. The van der Waals surface area contributed by atoms with E-state index in [1.807, 2.05) is 6.92 Å². The molecule has 0 radical (unpaired) electrons. The third-order valence-electron chi connectivity index (χ3n) is 0.762. The maximum absolute atomic E-state index is 10.2. The van der Waals surface area contributed by atoms with Crippen LogP contribution < -0.4 is 0 Å². The highest BCUT2D eigenvalue weighted by Crippen LogP contribution is 1.87. The van der Waals surface area contributed by atoms with E-state index >= 15 is 0 Å². The van der Waals surface area contributed by atoms with Gasteiger partial charge in [0.2, 0.25) is 0 Å². The first-order chi connectivity index (χ1) is 5.45. The molecule has 0 saturated carbocycles. The number of rotatable bonds is 2. The highest BCUT2D eigenvalue weighted by atomic mass is 35.5. The molecule has 0 N–H and O–H groups in total. The van der Waals surface area contributed by atoms with Crippen molar-refractivity contribution in [3.63, 3.8) is 0 Å². The highest BCUT2D eigenvalue weighted by Gasteiger charge is 1.95. The Balaban J connectivity index is 0. The van der Waals surface area contributed by atoms with Crippen molar-refractivity contribution >= 4 is 17.6 Å². The number of alkyl halides is 1. The van der Waals surface area contributed by atoms with Crippen LogP contribution in [0.5, 0.6) is 0 Å². The van der Waals surface area contributed by atoms with Crippen molar-refractivity contribution in [3.8, 4) is 0 Å². The van der Waals surface area contributed by atoms with Crippen molar-refractivity contribution in [2.75, 3.05) is 13.0 Å². The maximum atomic E-state index is 10.2. The SMILES string of the molecule is C=C(C)C(=O)OC.C=C(C)CCl. The second-order valence-corrected chi connectivity index (χ2v) is 2.63. The summed E-state index contributed by atoms with van der Waals surface area (Å²) in [5, 5.41) is 0. The summed E-state index contributed by atoms with van der Waals surface area (Å²) in [5.74, 6) is 0.236. The van der Waals surface area contributed by atoms with Gasteiger partial charge in [0, 0.05) is 11.5 Å². The Bertz CT molecular complexity index is 173. The lowest BCUT2D eigenvalue weighted by atomic mass is 10.4. The summed E-state index contributed by atoms with van der Waals surface area (Å²) in [6, 6.07) is 0. The zero-order chi connectivity index (χ0) is 10.1. The molecule has 70 valence electrons. The smallest absolute Gasteiger partial charge is 0.332 e. The molecule has 0 aliphatic heterocycles. The monoisotopic (exact) mass is 190 g/mol. The molecule has 12 heavy (non-hydrogen) atoms. The lowest BCUT2D eigenvalue weighted by molar-refractivity contribution is -0.136. The van der Waals surface area contributed by atoms with Gasteiger partial charge in [0.25, 0.3) is 0 Å². The number of hydrogen-bond acceptors (Lipinski definition) is 2. The summed E-state index contributed by atoms with van der Waals surface area (Å²) >= 11 is 5.24. The molecule has 0 heterocycles. The number of allylic oxidation sites excluding steroid dienone is 1. The number of ether oxygens (including phenoxy) is 1. The van der Waals surface area contributed by atoms with Crippen LogP contribution in [0.2, 0.25) is 0 Å². The molecule has 0 atom stereocenters. The number of halogens is 1. The zero-order valence-electron chi connectivity index (χ0n) is 7.82. The number of carbonyl (C=O) groups excluding carboxylic acids is 1. The molecule has 0 spiro atoms. The largest absolute Gasteiger partial charge is 0.466 e. The van der Waals surface area contributed by atoms with Gasteiger partial charge >= 0.3 is 5.97 Å². The first-order valence-electron chi connectivity index (χ1n) is 3.39. The molecule has 0 rings (SSSR count). The van der Waals surface area contributed by atoms with Crippen LogP contribution >= 0.6 is 11.6 Å². The minimum absolute atomic E-state index is 0.347. The van der Waals surface area contributed by atoms with E-state index in [0.717, 1.165) is 5.57 Å². The van der Waals surface area contributed by atoms with Gasteiger partial charge in [-0.1, -0.05) is 18.7 Å². The van der Waals surface area contributed by atoms with Crippen molar-refractivity contribution in [2.45, 2.75) is 13.8 Å². The average molecular weight is 191 g/mol. The molecule has 2 nitrogen and oxygen atoms in total. The molecule has 0 unspecified atom stereocenters. The Labute approximate surface area is 78.9 Å². The lowest BCUT2D eigenvalue weighted by Gasteiger charge is -1.91. The van der Waals surface area contributed by atoms with Crippen LogP contribution in [-0.2, 0) is 9.53 Å². The molecule has 3 heteroatoms. The van der Waals surface area contributed by atoms with Crippen molar-refractivity contribution in [1.29, 1.82) is 0 Å². The van der Waals surface area contributed by atoms with Gasteiger partial charge in [-0.3, -0.25) is 0 Å². The number of esters is 1. The topological polar surface area (TPSA) is 26.3 Å². The van der Waals surface area contributed by atoms with E-state index in [-0.39, 0.29) is 5.97 Å². The predicted octanol–water partition coefficient (Wildman–Crippen LogP) is 2.54. The summed E-state index contributed by atoms with van der Waals surface area (Å²) in [6.07, 6.45) is 0. The van der Waals surface area contributed by atoms with E-state index in [0.29, 0.717) is 11.5 Å². The van der Waals surface area contributed by atoms with Crippen LogP contribution in [0.15, 0.2) is 24.3 Å². The third-order valence-corrected chi connectivity index (χ3v) is 1.22. The fourth-order valence-corrected chi connectivity index (χ4v) is 0.174. The molecule has 0 aliphatic rings. The number of carbonyl (C=O) groups is 1. The maximum Gasteiger partial charge on any atom is 0.332 e. The van der Waals surface area contributed by atoms with Crippen LogP contribution in [0, 0.1) is 0 Å². The third kappa shape index (κ3) is 12.0. The van der Waals surface area contributed by atoms with Crippen molar-refractivity contribution < 1.29 is 9.53 Å². The first-order valence-corrected chi connectivity index (χ1v) is 3.93. The van der Waals surface area contributed by atoms with Gasteiger partial charge in [0.05, 0.1) is 7.11 Å². The summed E-state index contributed by atoms with van der Waals surface area (Å²) in [7, 11) is 1.33. The van der Waals surface area contributed by atoms with Gasteiger partial charge in [-0.2, -0.15) is 0 Å². The molecule has 0 saturated heterocycles. The second-order valence-electron chi connectivity index (χ2n) is 2.36. The van der Waals surface area contributed by atoms with Crippen LogP contribution in [0.4, 0.5) is 0 Å². The Hall–Kier alpha value is -0.760. The van der Waals surface area contributed by atoms with Crippen molar-refractivity contribution in [1.82, 2.24) is 0 Å². The Morgan fingerprint density at radius 3 is 1.75 bits per heavy atom. The molecule has 0 bridgehead atoms. The van der Waals surface area contributed by atoms with Crippen LogP contribution in [0.25, 0.3) is 0 Å². The minimum Gasteiger partial charge on any atom is -0.466 e. The fourth-order valence-electron chi connectivity index (χ4n) is 0.174. The van der Waals surface area contributed by atoms with E-state index in [4.69, 9.17) is 11.6 Å². The van der Waals surface area contributed by atoms with Gasteiger partial charge in [0.1, 0.15) is 0 Å². The Kier molecular flexibility index (Phi) is 9.59. The van der Waals surface area contributed by atoms with E-state index in [9.17, 15) is 4.79 Å². The van der Waals surface area contributed by atoms with Crippen LogP contribution in [0.3, 0.4) is 0 Å². The van der Waals surface area contributed by atoms with E-state index in [1.165, 1.54) is 7.11 Å². The normalized spacial score (nSPS) is 7.67. The molecular formula is C9H15ClO2. The first kappa shape index (κ1) is 13.8. The Morgan fingerprint density at radius 1 is 1.42 bits per heavy atom. The Morgan fingerprint density at radius 2 is 1.75 bits per heavy atom. The van der Waals surface area contributed by atoms with Gasteiger partial charge in [0.15, 0.2) is 0 Å². The fraction of sp³-hybridized carbons (Fsp3) is 0.444. The quantitative estimate of drug-likeness (QED) is 0.290. The van der Waals surface area contributed by atoms with Gasteiger partial charge in [-0.15, -0.1) is 11.6 Å².